The molecule has 0 unspecified atom stereocenters. The fourth-order valence-electron chi connectivity index (χ4n) is 16.8. The fraction of sp³-hybridized carbons (Fsp3) is 0.0741. The van der Waals surface area contributed by atoms with Gasteiger partial charge in [-0.1, -0.05) is 48.5 Å². The van der Waals surface area contributed by atoms with Gasteiger partial charge in [0.15, 0.2) is 23.0 Å². The first kappa shape index (κ1) is 78.9. The maximum atomic E-state index is 10.9. The molecule has 3 aliphatic rings. The molecule has 0 atom stereocenters. The number of nitriles is 1. The van der Waals surface area contributed by atoms with E-state index in [9.17, 15) is 5.26 Å². The third-order valence-corrected chi connectivity index (χ3v) is 23.1. The zero-order chi connectivity index (χ0) is 86.1. The van der Waals surface area contributed by atoms with Crippen LogP contribution in [0.3, 0.4) is 0 Å². The van der Waals surface area contributed by atoms with Crippen LogP contribution in [0.15, 0.2) is 358 Å². The monoisotopic (exact) mass is 1650 g/mol. The fourth-order valence-corrected chi connectivity index (χ4v) is 16.8. The highest BCUT2D eigenvalue weighted by Gasteiger charge is 2.34. The molecular formula is C108H82N8O10. The molecule has 614 valence electrons. The van der Waals surface area contributed by atoms with E-state index in [1.165, 1.54) is 0 Å². The molecule has 0 saturated carbocycles. The van der Waals surface area contributed by atoms with E-state index in [1.807, 2.05) is 194 Å². The third-order valence-electron chi connectivity index (χ3n) is 23.1. The minimum Gasteiger partial charge on any atom is -0.497 e. The van der Waals surface area contributed by atoms with E-state index in [-0.39, 0.29) is 5.70 Å². The minimum atomic E-state index is 0.00130. The van der Waals surface area contributed by atoms with Gasteiger partial charge in [0.05, 0.1) is 92.3 Å². The molecule has 18 nitrogen and oxygen atoms in total. The van der Waals surface area contributed by atoms with Crippen molar-refractivity contribution in [1.29, 1.82) is 5.26 Å². The molecule has 126 heavy (non-hydrogen) atoms. The second-order valence-corrected chi connectivity index (χ2v) is 30.0. The van der Waals surface area contributed by atoms with Crippen LogP contribution in [0.1, 0.15) is 11.1 Å². The molecule has 0 amide bonds. The van der Waals surface area contributed by atoms with Crippen molar-refractivity contribution in [3.63, 3.8) is 0 Å². The lowest BCUT2D eigenvalue weighted by Gasteiger charge is -2.35. The first-order valence-electron chi connectivity index (χ1n) is 40.8. The van der Waals surface area contributed by atoms with Crippen LogP contribution in [-0.2, 0) is 0 Å². The van der Waals surface area contributed by atoms with Crippen LogP contribution in [0.2, 0.25) is 0 Å². The van der Waals surface area contributed by atoms with Crippen LogP contribution >= 0.6 is 0 Å². The Hall–Kier alpha value is -17.0. The van der Waals surface area contributed by atoms with E-state index in [2.05, 4.69) is 198 Å². The van der Waals surface area contributed by atoms with Gasteiger partial charge >= 0.3 is 0 Å². The lowest BCUT2D eigenvalue weighted by Crippen LogP contribution is -2.18. The summed E-state index contributed by atoms with van der Waals surface area (Å²) in [6.45, 7) is 8.52. The van der Waals surface area contributed by atoms with Crippen molar-refractivity contribution in [2.75, 3.05) is 86.3 Å². The van der Waals surface area contributed by atoms with Gasteiger partial charge in [0.1, 0.15) is 46.0 Å². The van der Waals surface area contributed by atoms with Crippen LogP contribution in [0.25, 0.3) is 43.8 Å². The number of hydrogen-bond acceptors (Lipinski definition) is 17. The Bertz CT molecular complexity index is 5980. The highest BCUT2D eigenvalue weighted by molar-refractivity contribution is 6.06. The average molecular weight is 1650 g/mol. The summed E-state index contributed by atoms with van der Waals surface area (Å²) in [5.74, 6) is 8.38. The molecule has 18 heteroatoms. The van der Waals surface area contributed by atoms with Gasteiger partial charge in [-0.3, -0.25) is 0 Å². The Morgan fingerprint density at radius 2 is 0.460 bits per heavy atom. The van der Waals surface area contributed by atoms with Gasteiger partial charge < -0.3 is 76.8 Å². The molecule has 0 aromatic heterocycles. The molecule has 2 heterocycles. The smallest absolute Gasteiger partial charge is 0.270 e. The van der Waals surface area contributed by atoms with Crippen molar-refractivity contribution in [2.45, 2.75) is 0 Å². The third kappa shape index (κ3) is 14.8. The van der Waals surface area contributed by atoms with Crippen LogP contribution in [0, 0.1) is 17.9 Å². The Kier molecular flexibility index (Phi) is 21.2. The molecule has 16 aromatic carbocycles. The van der Waals surface area contributed by atoms with E-state index >= 15 is 0 Å². The standard InChI is InChI=1S/C108H82N8O10/c1-110-99(68-109)108-97-62-71(69-10-16-81(17-11-69)115-100-58-36-83(111(73-20-40-87(117-2)41-21-73)74-22-42-88(118-3)43-23-74)64-104(100)125-105-65-84(37-59-101(105)115)112(75-24-44-89(119-4)45-25-75)76-26-46-90(120-5)47-27-76)14-56-95(97)96-57-15-72(63-98(96)108)70-12-18-82(19-13-70)116-102-60-38-85(113(77-28-48-91(121-6)49-29-77)78-30-50-92(122-7)51-31-78)66-106(102)126-107-67-86(39-61-103(107)116)114(79-32-52-93(123-8)53-33-79)80-34-54-94(124-9)55-35-80/h10-67H,2-9H3. The minimum absolute atomic E-state index is 0.00130. The van der Waals surface area contributed by atoms with Gasteiger partial charge in [-0.15, -0.1) is 0 Å². The topological polar surface area (TPSA) is 140 Å². The van der Waals surface area contributed by atoms with Crippen LogP contribution in [0.4, 0.5) is 102 Å². The predicted octanol–water partition coefficient (Wildman–Crippen LogP) is 28.3. The molecule has 0 spiro atoms. The summed E-state index contributed by atoms with van der Waals surface area (Å²) in [5, 5.41) is 10.9. The van der Waals surface area contributed by atoms with Gasteiger partial charge in [0.25, 0.3) is 5.70 Å². The second-order valence-electron chi connectivity index (χ2n) is 30.0. The van der Waals surface area contributed by atoms with Crippen LogP contribution in [0.5, 0.6) is 69.0 Å². The molecule has 0 bridgehead atoms. The number of methoxy groups -OCH3 is 8. The zero-order valence-corrected chi connectivity index (χ0v) is 70.1. The zero-order valence-electron chi connectivity index (χ0n) is 70.1. The number of hydrogen-bond donors (Lipinski definition) is 0. The van der Waals surface area contributed by atoms with Crippen LogP contribution in [-0.4, -0.2) is 56.9 Å². The molecule has 0 radical (unpaired) electrons. The second kappa shape index (κ2) is 33.9. The van der Waals surface area contributed by atoms with Gasteiger partial charge in [-0.05, 0) is 324 Å². The van der Waals surface area contributed by atoms with Gasteiger partial charge in [-0.2, -0.15) is 0 Å². The number of ether oxygens (including phenoxy) is 10. The van der Waals surface area contributed by atoms with E-state index in [4.69, 9.17) is 53.9 Å². The van der Waals surface area contributed by atoms with Crippen molar-refractivity contribution in [1.82, 2.24) is 0 Å². The van der Waals surface area contributed by atoms with Gasteiger partial charge in [0, 0.05) is 109 Å². The lowest BCUT2D eigenvalue weighted by atomic mass is 9.96. The summed E-state index contributed by atoms with van der Waals surface area (Å²) < 4.78 is 59.4. The van der Waals surface area contributed by atoms with E-state index in [1.54, 1.807) is 56.9 Å². The summed E-state index contributed by atoms with van der Waals surface area (Å²) in [6.07, 6.45) is 0. The van der Waals surface area contributed by atoms with Crippen molar-refractivity contribution in [3.8, 4) is 108 Å². The number of anilines is 18. The summed E-state index contributed by atoms with van der Waals surface area (Å²) in [6, 6.07) is 121. The number of rotatable bonds is 24. The number of benzene rings is 16. The highest BCUT2D eigenvalue weighted by atomic mass is 16.5. The van der Waals surface area contributed by atoms with Crippen molar-refractivity contribution >= 4 is 108 Å². The first-order valence-corrected chi connectivity index (χ1v) is 40.8. The first-order chi connectivity index (χ1) is 61.9. The number of fused-ring (bicyclic) bond motifs is 7. The largest absolute Gasteiger partial charge is 0.497 e. The summed E-state index contributed by atoms with van der Waals surface area (Å²) >= 11 is 0. The summed E-state index contributed by atoms with van der Waals surface area (Å²) in [5.41, 5.74) is 23.4. The molecule has 16 aromatic rings. The van der Waals surface area contributed by atoms with Gasteiger partial charge in [-0.25, -0.2) is 10.1 Å². The Labute approximate surface area is 731 Å². The summed E-state index contributed by atoms with van der Waals surface area (Å²) in [7, 11) is 13.3. The molecule has 0 N–H and O–H groups in total. The van der Waals surface area contributed by atoms with Crippen molar-refractivity contribution < 1.29 is 47.4 Å². The normalized spacial score (nSPS) is 11.7. The highest BCUT2D eigenvalue weighted by Crippen LogP contribution is 2.58. The lowest BCUT2D eigenvalue weighted by molar-refractivity contribution is 0.414. The molecule has 0 saturated heterocycles. The molecular weight excluding hydrogens is 1570 g/mol. The molecule has 19 rings (SSSR count). The molecule has 0 fully saturated rings. The van der Waals surface area contributed by atoms with E-state index < -0.39 is 0 Å². The Balaban J connectivity index is 0.667. The van der Waals surface area contributed by atoms with Gasteiger partial charge in [0.2, 0.25) is 0 Å². The van der Waals surface area contributed by atoms with Crippen molar-refractivity contribution in [2.24, 2.45) is 0 Å². The number of nitrogens with zero attached hydrogens (tertiary/aromatic N) is 8. The van der Waals surface area contributed by atoms with Crippen molar-refractivity contribution in [3.05, 3.63) is 380 Å². The van der Waals surface area contributed by atoms with Crippen LogP contribution < -0.4 is 76.8 Å². The average Bonchev–Trinajstić information content (AvgIpc) is 1.31. The number of allylic oxidation sites excluding steroid dienone is 1. The van der Waals surface area contributed by atoms with E-state index in [0.29, 0.717) is 28.6 Å². The predicted molar refractivity (Wildman–Crippen MR) is 502 cm³/mol. The maximum absolute atomic E-state index is 10.9. The SMILES string of the molecule is [C-]#[N+]C(C#N)=C1c2cc(-c3ccc(N4c5ccc(N(c6ccc(OC)cc6)c6ccc(OC)cc6)cc5Oc5cc(N(c6ccc(OC)cc6)c6ccc(OC)cc6)ccc54)cc3)ccc2-c2ccc(-c3ccc(N4c5ccc(N(c6ccc(OC)cc6)c6ccc(OC)cc6)cc5Oc5cc(N(c6ccc(OC)cc6)c6ccc(OC)cc6)ccc54)cc3)cc21. The van der Waals surface area contributed by atoms with E-state index in [0.717, 1.165) is 193 Å². The maximum Gasteiger partial charge on any atom is 0.270 e. The molecule has 1 aliphatic carbocycles. The quantitative estimate of drug-likeness (QED) is 0.0418. The molecule has 2 aliphatic heterocycles. The Morgan fingerprint density at radius 1 is 0.254 bits per heavy atom. The Morgan fingerprint density at radius 3 is 0.659 bits per heavy atom. The summed E-state index contributed by atoms with van der Waals surface area (Å²) in [4.78, 5) is 17.1.